The monoisotopic (exact) mass is 395 g/mol. The number of aromatic amines is 1. The van der Waals surface area contributed by atoms with Crippen molar-refractivity contribution in [1.29, 1.82) is 0 Å². The zero-order chi connectivity index (χ0) is 20.6. The second-order valence-corrected chi connectivity index (χ2v) is 7.93. The Labute approximate surface area is 181 Å². The molecule has 0 spiro atoms. The number of rotatable bonds is 3. The van der Waals surface area contributed by atoms with Crippen molar-refractivity contribution in [1.82, 2.24) is 4.98 Å². The molecule has 146 valence electrons. The number of nitrogens with one attached hydrogen (secondary N) is 1. The number of benzene rings is 5. The molecule has 1 nitrogen and oxygen atoms in total. The Morgan fingerprint density at radius 2 is 0.968 bits per heavy atom. The summed E-state index contributed by atoms with van der Waals surface area (Å²) in [4.78, 5) is 3.73. The molecule has 0 atom stereocenters. The van der Waals surface area contributed by atoms with Gasteiger partial charge in [-0.1, -0.05) is 103 Å². The van der Waals surface area contributed by atoms with Crippen LogP contribution >= 0.6 is 0 Å². The lowest BCUT2D eigenvalue weighted by molar-refractivity contribution is 1.53. The molecule has 1 heteroatoms. The van der Waals surface area contributed by atoms with Gasteiger partial charge in [-0.25, -0.2) is 0 Å². The number of hydrogen-bond acceptors (Lipinski definition) is 0. The SMILES string of the molecule is c1ccc(-c2ccc3c(c2)[nH]c2c(-c4ccccc4)cc(-c4ccccc4)cc23)cc1. The van der Waals surface area contributed by atoms with Crippen LogP contribution in [0.4, 0.5) is 0 Å². The van der Waals surface area contributed by atoms with E-state index >= 15 is 0 Å². The summed E-state index contributed by atoms with van der Waals surface area (Å²) >= 11 is 0. The van der Waals surface area contributed by atoms with Crippen LogP contribution in [0.25, 0.3) is 55.2 Å². The van der Waals surface area contributed by atoms with E-state index in [0.29, 0.717) is 0 Å². The van der Waals surface area contributed by atoms with Gasteiger partial charge in [-0.3, -0.25) is 0 Å². The lowest BCUT2D eigenvalue weighted by Gasteiger charge is -2.09. The molecule has 0 radical (unpaired) electrons. The summed E-state index contributed by atoms with van der Waals surface area (Å²) in [7, 11) is 0. The maximum atomic E-state index is 3.73. The van der Waals surface area contributed by atoms with E-state index in [-0.39, 0.29) is 0 Å². The zero-order valence-corrected chi connectivity index (χ0v) is 17.0. The van der Waals surface area contributed by atoms with Crippen LogP contribution in [0.1, 0.15) is 0 Å². The minimum absolute atomic E-state index is 1.17. The quantitative estimate of drug-likeness (QED) is 0.310. The van der Waals surface area contributed by atoms with Crippen LogP contribution in [0.2, 0.25) is 0 Å². The van der Waals surface area contributed by atoms with Crippen LogP contribution in [-0.2, 0) is 0 Å². The van der Waals surface area contributed by atoms with Crippen molar-refractivity contribution in [3.05, 3.63) is 121 Å². The van der Waals surface area contributed by atoms with Crippen LogP contribution in [0.3, 0.4) is 0 Å². The first-order valence-electron chi connectivity index (χ1n) is 10.6. The molecular weight excluding hydrogens is 374 g/mol. The Hall–Kier alpha value is -4.10. The summed E-state index contributed by atoms with van der Waals surface area (Å²) in [6.07, 6.45) is 0. The Morgan fingerprint density at radius 1 is 0.387 bits per heavy atom. The molecule has 0 saturated carbocycles. The summed E-state index contributed by atoms with van der Waals surface area (Å²) in [5, 5.41) is 2.51. The van der Waals surface area contributed by atoms with Gasteiger partial charge < -0.3 is 4.98 Å². The molecule has 1 N–H and O–H groups in total. The minimum atomic E-state index is 1.17. The first-order valence-corrected chi connectivity index (χ1v) is 10.6. The molecule has 0 aliphatic carbocycles. The van der Waals surface area contributed by atoms with Crippen molar-refractivity contribution in [2.45, 2.75) is 0 Å². The number of fused-ring (bicyclic) bond motifs is 3. The predicted octanol–water partition coefficient (Wildman–Crippen LogP) is 8.32. The molecule has 0 bridgehead atoms. The van der Waals surface area contributed by atoms with Gasteiger partial charge >= 0.3 is 0 Å². The van der Waals surface area contributed by atoms with Crippen LogP contribution in [0.5, 0.6) is 0 Å². The standard InChI is InChI=1S/C30H21N/c1-4-10-21(11-5-1)24-16-17-26-28-19-25(22-12-6-2-7-13-22)18-27(23-14-8-3-9-15-23)30(28)31-29(26)20-24/h1-20,31H. The highest BCUT2D eigenvalue weighted by molar-refractivity contribution is 6.14. The van der Waals surface area contributed by atoms with Gasteiger partial charge in [-0.15, -0.1) is 0 Å². The fourth-order valence-corrected chi connectivity index (χ4v) is 4.46. The van der Waals surface area contributed by atoms with Gasteiger partial charge in [-0.2, -0.15) is 0 Å². The van der Waals surface area contributed by atoms with Crippen molar-refractivity contribution in [2.24, 2.45) is 0 Å². The number of H-pyrrole nitrogens is 1. The van der Waals surface area contributed by atoms with Crippen molar-refractivity contribution in [2.75, 3.05) is 0 Å². The highest BCUT2D eigenvalue weighted by Crippen LogP contribution is 2.38. The normalized spacial score (nSPS) is 11.2. The molecule has 0 fully saturated rings. The smallest absolute Gasteiger partial charge is 0.0544 e. The van der Waals surface area contributed by atoms with Gasteiger partial charge in [0.25, 0.3) is 0 Å². The Bertz CT molecular complexity index is 1490. The molecule has 1 aromatic heterocycles. The van der Waals surface area contributed by atoms with Gasteiger partial charge in [0, 0.05) is 21.9 Å². The summed E-state index contributed by atoms with van der Waals surface area (Å²) in [6.45, 7) is 0. The van der Waals surface area contributed by atoms with Gasteiger partial charge in [-0.05, 0) is 46.0 Å². The molecule has 6 aromatic rings. The highest BCUT2D eigenvalue weighted by atomic mass is 14.7. The molecule has 0 saturated heterocycles. The van der Waals surface area contributed by atoms with E-state index < -0.39 is 0 Å². The second kappa shape index (κ2) is 7.30. The summed E-state index contributed by atoms with van der Waals surface area (Å²) in [5.41, 5.74) is 9.73. The highest BCUT2D eigenvalue weighted by Gasteiger charge is 2.13. The van der Waals surface area contributed by atoms with E-state index in [2.05, 4.69) is 126 Å². The average molecular weight is 396 g/mol. The van der Waals surface area contributed by atoms with Crippen molar-refractivity contribution >= 4 is 21.8 Å². The summed E-state index contributed by atoms with van der Waals surface area (Å²) in [6, 6.07) is 43.2. The minimum Gasteiger partial charge on any atom is -0.354 e. The Morgan fingerprint density at radius 3 is 1.61 bits per heavy atom. The molecule has 0 unspecified atom stereocenters. The Balaban J connectivity index is 1.64. The van der Waals surface area contributed by atoms with Crippen LogP contribution in [0, 0.1) is 0 Å². The zero-order valence-electron chi connectivity index (χ0n) is 17.0. The average Bonchev–Trinajstić information content (AvgIpc) is 3.23. The summed E-state index contributed by atoms with van der Waals surface area (Å²) < 4.78 is 0. The molecule has 0 amide bonds. The molecular formula is C30H21N. The van der Waals surface area contributed by atoms with E-state index in [1.807, 2.05) is 0 Å². The lowest BCUT2D eigenvalue weighted by Crippen LogP contribution is -1.84. The van der Waals surface area contributed by atoms with E-state index in [4.69, 9.17) is 0 Å². The maximum Gasteiger partial charge on any atom is 0.0544 e. The molecule has 0 aliphatic rings. The van der Waals surface area contributed by atoms with E-state index in [1.54, 1.807) is 0 Å². The van der Waals surface area contributed by atoms with E-state index in [9.17, 15) is 0 Å². The third-order valence-electron chi connectivity index (χ3n) is 6.01. The van der Waals surface area contributed by atoms with E-state index in [0.717, 1.165) is 0 Å². The topological polar surface area (TPSA) is 15.8 Å². The fraction of sp³-hybridized carbons (Fsp3) is 0. The third kappa shape index (κ3) is 3.12. The largest absolute Gasteiger partial charge is 0.354 e. The molecule has 6 rings (SSSR count). The molecule has 1 heterocycles. The first kappa shape index (κ1) is 17.7. The molecule has 0 aliphatic heterocycles. The maximum absolute atomic E-state index is 3.73. The fourth-order valence-electron chi connectivity index (χ4n) is 4.46. The van der Waals surface area contributed by atoms with Gasteiger partial charge in [0.2, 0.25) is 0 Å². The van der Waals surface area contributed by atoms with Crippen molar-refractivity contribution in [3.8, 4) is 33.4 Å². The first-order chi connectivity index (χ1) is 15.4. The Kier molecular flexibility index (Phi) is 4.18. The van der Waals surface area contributed by atoms with Gasteiger partial charge in [0.15, 0.2) is 0 Å². The van der Waals surface area contributed by atoms with Gasteiger partial charge in [0.1, 0.15) is 0 Å². The number of aromatic nitrogens is 1. The predicted molar refractivity (Wildman–Crippen MR) is 132 cm³/mol. The molecule has 31 heavy (non-hydrogen) atoms. The van der Waals surface area contributed by atoms with Gasteiger partial charge in [0.05, 0.1) is 5.52 Å². The molecule has 5 aromatic carbocycles. The second-order valence-electron chi connectivity index (χ2n) is 7.93. The summed E-state index contributed by atoms with van der Waals surface area (Å²) in [5.74, 6) is 0. The van der Waals surface area contributed by atoms with E-state index in [1.165, 1.54) is 55.2 Å². The van der Waals surface area contributed by atoms with Crippen molar-refractivity contribution < 1.29 is 0 Å². The van der Waals surface area contributed by atoms with Crippen LogP contribution < -0.4 is 0 Å². The van der Waals surface area contributed by atoms with Crippen LogP contribution in [-0.4, -0.2) is 4.98 Å². The van der Waals surface area contributed by atoms with Crippen molar-refractivity contribution in [3.63, 3.8) is 0 Å². The number of hydrogen-bond donors (Lipinski definition) is 1. The third-order valence-corrected chi connectivity index (χ3v) is 6.01. The van der Waals surface area contributed by atoms with Crippen LogP contribution in [0.15, 0.2) is 121 Å². The lowest BCUT2D eigenvalue weighted by atomic mass is 9.95.